The predicted molar refractivity (Wildman–Crippen MR) is 75.4 cm³/mol. The van der Waals surface area contributed by atoms with E-state index in [2.05, 4.69) is 12.2 Å². The van der Waals surface area contributed by atoms with Gasteiger partial charge in [-0.15, -0.1) is 0 Å². The highest BCUT2D eigenvalue weighted by Gasteiger charge is 2.32. The molecule has 0 amide bonds. The molecule has 1 saturated heterocycles. The van der Waals surface area contributed by atoms with Crippen molar-refractivity contribution < 1.29 is 13.2 Å². The van der Waals surface area contributed by atoms with Crippen LogP contribution in [0.1, 0.15) is 25.3 Å². The van der Waals surface area contributed by atoms with Crippen molar-refractivity contribution in [1.29, 1.82) is 0 Å². The first-order chi connectivity index (χ1) is 9.41. The van der Waals surface area contributed by atoms with Crippen LogP contribution in [0.25, 0.3) is 0 Å². The third kappa shape index (κ3) is 3.58. The second kappa shape index (κ2) is 6.22. The molecule has 1 aromatic rings. The SMILES string of the molecule is CCCC1CN(c2cc(C(F)(F)F)ccc2Cl)CCN1. The quantitative estimate of drug-likeness (QED) is 0.910. The van der Waals surface area contributed by atoms with E-state index in [1.165, 1.54) is 6.07 Å². The minimum Gasteiger partial charge on any atom is -0.367 e. The number of hydrogen-bond acceptors (Lipinski definition) is 2. The molecule has 1 unspecified atom stereocenters. The minimum atomic E-state index is -4.34. The van der Waals surface area contributed by atoms with Crippen molar-refractivity contribution in [1.82, 2.24) is 5.32 Å². The van der Waals surface area contributed by atoms with Gasteiger partial charge >= 0.3 is 6.18 Å². The molecular weight excluding hydrogens is 289 g/mol. The van der Waals surface area contributed by atoms with Crippen molar-refractivity contribution in [3.63, 3.8) is 0 Å². The highest BCUT2D eigenvalue weighted by molar-refractivity contribution is 6.33. The summed E-state index contributed by atoms with van der Waals surface area (Å²) in [4.78, 5) is 1.94. The molecule has 1 heterocycles. The second-order valence-corrected chi connectivity index (χ2v) is 5.46. The van der Waals surface area contributed by atoms with Gasteiger partial charge in [0.25, 0.3) is 0 Å². The van der Waals surface area contributed by atoms with E-state index < -0.39 is 11.7 Å². The molecule has 0 radical (unpaired) electrons. The van der Waals surface area contributed by atoms with Crippen LogP contribution in [0, 0.1) is 0 Å². The van der Waals surface area contributed by atoms with Crippen LogP contribution in [-0.4, -0.2) is 25.7 Å². The Hall–Kier alpha value is -0.940. The molecule has 1 fully saturated rings. The molecule has 0 aliphatic carbocycles. The van der Waals surface area contributed by atoms with E-state index >= 15 is 0 Å². The molecule has 2 nitrogen and oxygen atoms in total. The summed E-state index contributed by atoms with van der Waals surface area (Å²) in [6.07, 6.45) is -2.29. The molecule has 20 heavy (non-hydrogen) atoms. The summed E-state index contributed by atoms with van der Waals surface area (Å²) in [6.45, 7) is 4.21. The maximum atomic E-state index is 12.8. The molecule has 1 atom stereocenters. The second-order valence-electron chi connectivity index (χ2n) is 5.05. The normalized spacial score (nSPS) is 20.2. The van der Waals surface area contributed by atoms with Gasteiger partial charge in [0.2, 0.25) is 0 Å². The van der Waals surface area contributed by atoms with E-state index in [9.17, 15) is 13.2 Å². The van der Waals surface area contributed by atoms with Gasteiger partial charge in [-0.2, -0.15) is 13.2 Å². The van der Waals surface area contributed by atoms with Gasteiger partial charge < -0.3 is 10.2 Å². The van der Waals surface area contributed by atoms with Crippen LogP contribution in [0.3, 0.4) is 0 Å². The fraction of sp³-hybridized carbons (Fsp3) is 0.571. The smallest absolute Gasteiger partial charge is 0.367 e. The maximum absolute atomic E-state index is 12.8. The lowest BCUT2D eigenvalue weighted by Crippen LogP contribution is -2.50. The monoisotopic (exact) mass is 306 g/mol. The Balaban J connectivity index is 2.22. The Kier molecular flexibility index (Phi) is 4.81. The highest BCUT2D eigenvalue weighted by atomic mass is 35.5. The molecule has 1 aromatic carbocycles. The Bertz CT molecular complexity index is 460. The number of anilines is 1. The highest BCUT2D eigenvalue weighted by Crippen LogP contribution is 2.35. The number of alkyl halides is 3. The van der Waals surface area contributed by atoms with Crippen molar-refractivity contribution in [2.45, 2.75) is 32.0 Å². The number of rotatable bonds is 3. The van der Waals surface area contributed by atoms with Crippen LogP contribution < -0.4 is 10.2 Å². The van der Waals surface area contributed by atoms with Gasteiger partial charge in [-0.25, -0.2) is 0 Å². The molecule has 2 rings (SSSR count). The van der Waals surface area contributed by atoms with E-state index in [-0.39, 0.29) is 0 Å². The van der Waals surface area contributed by atoms with E-state index in [4.69, 9.17) is 11.6 Å². The van der Waals surface area contributed by atoms with E-state index in [0.29, 0.717) is 29.8 Å². The Morgan fingerprint density at radius 3 is 2.80 bits per heavy atom. The standard InChI is InChI=1S/C14H18ClF3N2/c1-2-3-11-9-20(7-6-19-11)13-8-10(14(16,17)18)4-5-12(13)15/h4-5,8,11,19H,2-3,6-7,9H2,1H3. The van der Waals surface area contributed by atoms with Crippen LogP contribution in [0.15, 0.2) is 18.2 Å². The summed E-state index contributed by atoms with van der Waals surface area (Å²) in [7, 11) is 0. The number of halogens is 4. The van der Waals surface area contributed by atoms with Crippen molar-refractivity contribution in [2.75, 3.05) is 24.5 Å². The van der Waals surface area contributed by atoms with Crippen molar-refractivity contribution in [3.05, 3.63) is 28.8 Å². The van der Waals surface area contributed by atoms with Crippen LogP contribution in [0.2, 0.25) is 5.02 Å². The molecule has 1 aliphatic rings. The van der Waals surface area contributed by atoms with Crippen LogP contribution in [-0.2, 0) is 6.18 Å². The molecule has 0 spiro atoms. The van der Waals surface area contributed by atoms with Gasteiger partial charge in [-0.05, 0) is 24.6 Å². The van der Waals surface area contributed by atoms with Crippen LogP contribution >= 0.6 is 11.6 Å². The lowest BCUT2D eigenvalue weighted by Gasteiger charge is -2.36. The molecule has 1 N–H and O–H groups in total. The molecular formula is C14H18ClF3N2. The summed E-state index contributed by atoms with van der Waals surface area (Å²) >= 11 is 6.07. The Morgan fingerprint density at radius 2 is 2.15 bits per heavy atom. The molecule has 0 saturated carbocycles. The van der Waals surface area contributed by atoms with Crippen molar-refractivity contribution in [2.24, 2.45) is 0 Å². The summed E-state index contributed by atoms with van der Waals surface area (Å²) < 4.78 is 38.4. The zero-order valence-electron chi connectivity index (χ0n) is 11.3. The fourth-order valence-electron chi connectivity index (χ4n) is 2.52. The van der Waals surface area contributed by atoms with E-state index in [0.717, 1.165) is 31.5 Å². The largest absolute Gasteiger partial charge is 0.416 e. The molecule has 6 heteroatoms. The van der Waals surface area contributed by atoms with Gasteiger partial charge in [-0.3, -0.25) is 0 Å². The first-order valence-corrected chi connectivity index (χ1v) is 7.14. The van der Waals surface area contributed by atoms with Gasteiger partial charge in [0.15, 0.2) is 0 Å². The number of nitrogens with zero attached hydrogens (tertiary/aromatic N) is 1. The lowest BCUT2D eigenvalue weighted by molar-refractivity contribution is -0.137. The first kappa shape index (κ1) is 15.4. The zero-order valence-corrected chi connectivity index (χ0v) is 12.1. The lowest BCUT2D eigenvalue weighted by atomic mass is 10.1. The van der Waals surface area contributed by atoms with Crippen LogP contribution in [0.4, 0.5) is 18.9 Å². The first-order valence-electron chi connectivity index (χ1n) is 6.77. The van der Waals surface area contributed by atoms with Gasteiger partial charge in [-0.1, -0.05) is 24.9 Å². The maximum Gasteiger partial charge on any atom is 0.416 e. The molecule has 0 aromatic heterocycles. The summed E-state index contributed by atoms with van der Waals surface area (Å²) in [6, 6.07) is 3.81. The Morgan fingerprint density at radius 1 is 1.40 bits per heavy atom. The summed E-state index contributed by atoms with van der Waals surface area (Å²) in [5, 5.41) is 3.75. The third-order valence-electron chi connectivity index (χ3n) is 3.51. The van der Waals surface area contributed by atoms with Crippen molar-refractivity contribution >= 4 is 17.3 Å². The van der Waals surface area contributed by atoms with E-state index in [1.54, 1.807) is 0 Å². The number of piperazine rings is 1. The Labute approximate surface area is 121 Å². The topological polar surface area (TPSA) is 15.3 Å². The number of benzene rings is 1. The number of hydrogen-bond donors (Lipinski definition) is 1. The predicted octanol–water partition coefficient (Wildman–Crippen LogP) is 3.94. The average molecular weight is 307 g/mol. The van der Waals surface area contributed by atoms with Gasteiger partial charge in [0.05, 0.1) is 16.3 Å². The summed E-state index contributed by atoms with van der Waals surface area (Å²) in [5.41, 5.74) is -0.174. The van der Waals surface area contributed by atoms with Crippen LogP contribution in [0.5, 0.6) is 0 Å². The molecule has 0 bridgehead atoms. The van der Waals surface area contributed by atoms with Gasteiger partial charge in [0, 0.05) is 25.7 Å². The van der Waals surface area contributed by atoms with Gasteiger partial charge in [0.1, 0.15) is 0 Å². The zero-order chi connectivity index (χ0) is 14.8. The average Bonchev–Trinajstić information content (AvgIpc) is 2.38. The van der Waals surface area contributed by atoms with E-state index in [1.807, 2.05) is 4.90 Å². The van der Waals surface area contributed by atoms with Crippen molar-refractivity contribution in [3.8, 4) is 0 Å². The summed E-state index contributed by atoms with van der Waals surface area (Å²) in [5.74, 6) is 0. The molecule has 112 valence electrons. The third-order valence-corrected chi connectivity index (χ3v) is 3.83. The number of nitrogens with one attached hydrogen (secondary N) is 1. The molecule has 1 aliphatic heterocycles. The minimum absolute atomic E-state index is 0.305. The fourth-order valence-corrected chi connectivity index (χ4v) is 2.75.